The van der Waals surface area contributed by atoms with Crippen LogP contribution in [-0.4, -0.2) is 21.7 Å². The van der Waals surface area contributed by atoms with Gasteiger partial charge in [-0.15, -0.1) is 0 Å². The number of carbonyl (C=O) groups excluding carboxylic acids is 2. The van der Waals surface area contributed by atoms with Crippen LogP contribution in [0.25, 0.3) is 0 Å². The molecule has 0 atom stereocenters. The Hall–Kier alpha value is -5.39. The average Bonchev–Trinajstić information content (AvgIpc) is 3.47. The summed E-state index contributed by atoms with van der Waals surface area (Å²) in [6.07, 6.45) is 1.42. The van der Waals surface area contributed by atoms with Gasteiger partial charge in [-0.3, -0.25) is 29.8 Å². The summed E-state index contributed by atoms with van der Waals surface area (Å²) in [5.74, 6) is -1.20. The highest BCUT2D eigenvalue weighted by atomic mass is 19.1. The SMILES string of the molecule is O=C(NCc1ccc([N+](=O)[O-])cc1)c1ccccc1F.O=C(NCc1ccc([N+](=O)[O-])cc1)c1ccco1. The average molecular weight is 520 g/mol. The monoisotopic (exact) mass is 520 g/mol. The summed E-state index contributed by atoms with van der Waals surface area (Å²) in [6, 6.07) is 20.6. The lowest BCUT2D eigenvalue weighted by atomic mass is 10.1. The first-order valence-corrected chi connectivity index (χ1v) is 11.1. The number of non-ortho nitro benzene ring substituents is 2. The maximum atomic E-state index is 13.4. The standard InChI is InChI=1S/C14H11FN2O3.C12H10N2O4/c15-13-4-2-1-3-12(13)14(18)16-9-10-5-7-11(8-6-10)17(19)20;15-12(11-2-1-7-18-11)13-8-9-3-5-10(6-4-9)14(16)17/h1-8H,9H2,(H,16,18);1-7H,8H2,(H,13,15). The Balaban J connectivity index is 0.000000212. The van der Waals surface area contributed by atoms with Crippen molar-refractivity contribution >= 4 is 23.2 Å². The first-order valence-electron chi connectivity index (χ1n) is 11.1. The van der Waals surface area contributed by atoms with Gasteiger partial charge in [0.1, 0.15) is 5.82 Å². The number of nitrogens with one attached hydrogen (secondary N) is 2. The van der Waals surface area contributed by atoms with Crippen molar-refractivity contribution in [2.24, 2.45) is 0 Å². The van der Waals surface area contributed by atoms with Crippen LogP contribution in [0.1, 0.15) is 32.0 Å². The van der Waals surface area contributed by atoms with Crippen molar-refractivity contribution in [1.82, 2.24) is 10.6 Å². The third-order valence-electron chi connectivity index (χ3n) is 5.06. The Labute approximate surface area is 215 Å². The molecular formula is C26H21FN4O7. The normalized spacial score (nSPS) is 10.0. The molecular weight excluding hydrogens is 499 g/mol. The van der Waals surface area contributed by atoms with E-state index in [-0.39, 0.29) is 41.7 Å². The Bertz CT molecular complexity index is 1410. The van der Waals surface area contributed by atoms with Crippen LogP contribution < -0.4 is 10.6 Å². The summed E-state index contributed by atoms with van der Waals surface area (Å²) in [5.41, 5.74) is 1.44. The summed E-state index contributed by atoms with van der Waals surface area (Å²) >= 11 is 0. The number of nitro groups is 2. The van der Waals surface area contributed by atoms with Gasteiger partial charge in [0, 0.05) is 37.4 Å². The number of halogens is 1. The van der Waals surface area contributed by atoms with Crippen molar-refractivity contribution in [2.75, 3.05) is 0 Å². The minimum absolute atomic E-state index is 0.0193. The quantitative estimate of drug-likeness (QED) is 0.250. The summed E-state index contributed by atoms with van der Waals surface area (Å²) in [7, 11) is 0. The first-order chi connectivity index (χ1) is 18.2. The molecule has 2 amide bonds. The molecule has 1 heterocycles. The van der Waals surface area contributed by atoms with Gasteiger partial charge in [0.15, 0.2) is 5.76 Å². The van der Waals surface area contributed by atoms with E-state index in [2.05, 4.69) is 10.6 Å². The number of furan rings is 1. The predicted octanol–water partition coefficient (Wildman–Crippen LogP) is 4.78. The fraction of sp³-hybridized carbons (Fsp3) is 0.0769. The molecule has 4 aromatic rings. The van der Waals surface area contributed by atoms with Gasteiger partial charge < -0.3 is 15.1 Å². The molecule has 2 N–H and O–H groups in total. The van der Waals surface area contributed by atoms with E-state index >= 15 is 0 Å². The maximum absolute atomic E-state index is 13.4. The van der Waals surface area contributed by atoms with E-state index in [9.17, 15) is 34.2 Å². The van der Waals surface area contributed by atoms with Crippen LogP contribution >= 0.6 is 0 Å². The first kappa shape index (κ1) is 27.2. The second-order valence-electron chi connectivity index (χ2n) is 7.67. The van der Waals surface area contributed by atoms with Crippen molar-refractivity contribution in [2.45, 2.75) is 13.1 Å². The number of nitro benzene ring substituents is 2. The smallest absolute Gasteiger partial charge is 0.287 e. The summed E-state index contributed by atoms with van der Waals surface area (Å²) in [5, 5.41) is 26.2. The van der Waals surface area contributed by atoms with E-state index in [1.54, 1.807) is 42.5 Å². The van der Waals surface area contributed by atoms with E-state index < -0.39 is 21.6 Å². The molecule has 4 rings (SSSR count). The highest BCUT2D eigenvalue weighted by Crippen LogP contribution is 2.13. The van der Waals surface area contributed by atoms with Crippen LogP contribution in [0.15, 0.2) is 95.6 Å². The number of hydrogen-bond acceptors (Lipinski definition) is 7. The van der Waals surface area contributed by atoms with Crippen LogP contribution in [-0.2, 0) is 13.1 Å². The van der Waals surface area contributed by atoms with Crippen LogP contribution in [0.2, 0.25) is 0 Å². The summed E-state index contributed by atoms with van der Waals surface area (Å²) < 4.78 is 18.3. The molecule has 0 saturated carbocycles. The molecule has 0 spiro atoms. The molecule has 0 fully saturated rings. The molecule has 0 radical (unpaired) electrons. The highest BCUT2D eigenvalue weighted by Gasteiger charge is 2.11. The minimum Gasteiger partial charge on any atom is -0.459 e. The molecule has 12 heteroatoms. The van der Waals surface area contributed by atoms with E-state index in [4.69, 9.17) is 4.42 Å². The second-order valence-corrected chi connectivity index (χ2v) is 7.67. The van der Waals surface area contributed by atoms with Crippen LogP contribution in [0.5, 0.6) is 0 Å². The lowest BCUT2D eigenvalue weighted by Crippen LogP contribution is -2.23. The van der Waals surface area contributed by atoms with E-state index in [0.29, 0.717) is 5.56 Å². The van der Waals surface area contributed by atoms with E-state index in [1.165, 1.54) is 48.7 Å². The summed E-state index contributed by atoms with van der Waals surface area (Å²) in [4.78, 5) is 43.3. The zero-order valence-electron chi connectivity index (χ0n) is 19.7. The maximum Gasteiger partial charge on any atom is 0.287 e. The van der Waals surface area contributed by atoms with Gasteiger partial charge >= 0.3 is 0 Å². The van der Waals surface area contributed by atoms with Gasteiger partial charge in [-0.1, -0.05) is 36.4 Å². The molecule has 0 aliphatic rings. The van der Waals surface area contributed by atoms with Crippen LogP contribution in [0, 0.1) is 26.0 Å². The van der Waals surface area contributed by atoms with Gasteiger partial charge in [-0.05, 0) is 35.4 Å². The van der Waals surface area contributed by atoms with Gasteiger partial charge in [0.25, 0.3) is 23.2 Å². The van der Waals surface area contributed by atoms with Crippen LogP contribution in [0.4, 0.5) is 15.8 Å². The second kappa shape index (κ2) is 13.1. The molecule has 0 unspecified atom stereocenters. The van der Waals surface area contributed by atoms with E-state index in [0.717, 1.165) is 5.56 Å². The fourth-order valence-corrected chi connectivity index (χ4v) is 3.07. The molecule has 1 aromatic heterocycles. The van der Waals surface area contributed by atoms with Crippen molar-refractivity contribution in [3.05, 3.63) is 140 Å². The molecule has 38 heavy (non-hydrogen) atoms. The molecule has 11 nitrogen and oxygen atoms in total. The van der Waals surface area contributed by atoms with Gasteiger partial charge in [-0.2, -0.15) is 0 Å². The largest absolute Gasteiger partial charge is 0.459 e. The lowest BCUT2D eigenvalue weighted by Gasteiger charge is -2.06. The number of carbonyl (C=O) groups is 2. The zero-order valence-corrected chi connectivity index (χ0v) is 19.7. The fourth-order valence-electron chi connectivity index (χ4n) is 3.07. The van der Waals surface area contributed by atoms with Crippen LogP contribution in [0.3, 0.4) is 0 Å². The number of amides is 2. The third kappa shape index (κ3) is 7.81. The lowest BCUT2D eigenvalue weighted by molar-refractivity contribution is -0.385. The Kier molecular flexibility index (Phi) is 9.35. The molecule has 0 bridgehead atoms. The topological polar surface area (TPSA) is 158 Å². The zero-order chi connectivity index (χ0) is 27.5. The van der Waals surface area contributed by atoms with Crippen molar-refractivity contribution < 1.29 is 28.2 Å². The molecule has 3 aromatic carbocycles. The minimum atomic E-state index is -0.589. The summed E-state index contributed by atoms with van der Waals surface area (Å²) in [6.45, 7) is 0.461. The Morgan fingerprint density at radius 1 is 0.711 bits per heavy atom. The Morgan fingerprint density at radius 3 is 1.66 bits per heavy atom. The van der Waals surface area contributed by atoms with Crippen molar-refractivity contribution in [3.8, 4) is 0 Å². The van der Waals surface area contributed by atoms with E-state index in [1.807, 2.05) is 0 Å². The van der Waals surface area contributed by atoms with Crippen molar-refractivity contribution in [1.29, 1.82) is 0 Å². The number of benzene rings is 3. The third-order valence-corrected chi connectivity index (χ3v) is 5.06. The molecule has 0 aliphatic heterocycles. The van der Waals surface area contributed by atoms with Gasteiger partial charge in [0.05, 0.1) is 21.7 Å². The predicted molar refractivity (Wildman–Crippen MR) is 134 cm³/mol. The Morgan fingerprint density at radius 2 is 1.21 bits per heavy atom. The molecule has 0 aliphatic carbocycles. The van der Waals surface area contributed by atoms with Crippen molar-refractivity contribution in [3.63, 3.8) is 0 Å². The number of hydrogen-bond donors (Lipinski definition) is 2. The van der Waals surface area contributed by atoms with Gasteiger partial charge in [0.2, 0.25) is 0 Å². The van der Waals surface area contributed by atoms with Gasteiger partial charge in [-0.25, -0.2) is 4.39 Å². The molecule has 194 valence electrons. The number of nitrogens with zero attached hydrogens (tertiary/aromatic N) is 2. The highest BCUT2D eigenvalue weighted by molar-refractivity contribution is 5.94. The molecule has 0 saturated heterocycles. The number of rotatable bonds is 8.